The molecule has 2 fully saturated rings. The van der Waals surface area contributed by atoms with Crippen molar-refractivity contribution in [3.05, 3.63) is 35.9 Å². The largest absolute Gasteiger partial charge is 0.355 e. The molecule has 2 heterocycles. The number of piperazine rings is 1. The van der Waals surface area contributed by atoms with Gasteiger partial charge in [0.2, 0.25) is 5.91 Å². The Morgan fingerprint density at radius 1 is 0.966 bits per heavy atom. The van der Waals surface area contributed by atoms with Crippen molar-refractivity contribution in [2.24, 2.45) is 0 Å². The normalized spacial score (nSPS) is 19.9. The molecule has 0 aliphatic carbocycles. The Labute approximate surface area is 194 Å². The first-order valence-corrected chi connectivity index (χ1v) is 10.3. The van der Waals surface area contributed by atoms with Crippen molar-refractivity contribution in [1.82, 2.24) is 20.4 Å². The number of hydrogen-bond donors (Lipinski definition) is 2. The summed E-state index contributed by atoms with van der Waals surface area (Å²) in [5.74, 6) is 0.194. The van der Waals surface area contributed by atoms with Gasteiger partial charge in [-0.2, -0.15) is 0 Å². The zero-order chi connectivity index (χ0) is 18.0. The average Bonchev–Trinajstić information content (AvgIpc) is 2.70. The van der Waals surface area contributed by atoms with E-state index in [0.717, 1.165) is 71.6 Å². The van der Waals surface area contributed by atoms with Crippen molar-refractivity contribution >= 4 is 43.1 Å². The van der Waals surface area contributed by atoms with Gasteiger partial charge in [-0.25, -0.2) is 0 Å². The maximum absolute atomic E-state index is 12.1. The predicted octanol–water partition coefficient (Wildman–Crippen LogP) is 3.11. The first-order chi connectivity index (χ1) is 12.8. The smallest absolute Gasteiger partial charge is 0.237 e. The van der Waals surface area contributed by atoms with Gasteiger partial charge in [0.15, 0.2) is 0 Å². The van der Waals surface area contributed by atoms with Crippen molar-refractivity contribution in [3.8, 4) is 0 Å². The van der Waals surface area contributed by atoms with E-state index in [9.17, 15) is 4.79 Å². The van der Waals surface area contributed by atoms with Crippen LogP contribution in [0.15, 0.2) is 30.3 Å². The van der Waals surface area contributed by atoms with Gasteiger partial charge in [0.1, 0.15) is 0 Å². The molecule has 0 unspecified atom stereocenters. The Morgan fingerprint density at radius 3 is 2.31 bits per heavy atom. The van der Waals surface area contributed by atoms with Crippen LogP contribution in [-0.2, 0) is 11.3 Å². The lowest BCUT2D eigenvalue weighted by Crippen LogP contribution is -2.47. The first kappa shape index (κ1) is 28.4. The molecule has 1 aromatic rings. The van der Waals surface area contributed by atoms with Crippen LogP contribution in [0.4, 0.5) is 0 Å². The summed E-state index contributed by atoms with van der Waals surface area (Å²) in [5, 5.41) is 6.40. The number of carbonyl (C=O) groups excluding carboxylic acids is 1. The number of piperidine rings is 1. The second-order valence-electron chi connectivity index (χ2n) is 7.60. The first-order valence-electron chi connectivity index (χ1n) is 10.3. The van der Waals surface area contributed by atoms with E-state index >= 15 is 0 Å². The summed E-state index contributed by atoms with van der Waals surface area (Å²) in [4.78, 5) is 17.2. The molecule has 0 aromatic heterocycles. The Hall–Kier alpha value is -0.560. The molecule has 5 nitrogen and oxygen atoms in total. The predicted molar refractivity (Wildman–Crippen MR) is 128 cm³/mol. The van der Waals surface area contributed by atoms with Gasteiger partial charge in [0.25, 0.3) is 0 Å². The summed E-state index contributed by atoms with van der Waals surface area (Å²) in [5.41, 5.74) is 1.41. The third-order valence-corrected chi connectivity index (χ3v) is 5.54. The van der Waals surface area contributed by atoms with E-state index in [-0.39, 0.29) is 49.2 Å². The Bertz CT molecular complexity index is 536. The van der Waals surface area contributed by atoms with Gasteiger partial charge in [-0.05, 0) is 44.3 Å². The fraction of sp³-hybridized carbons (Fsp3) is 0.667. The molecule has 1 amide bonds. The van der Waals surface area contributed by atoms with E-state index in [1.807, 2.05) is 0 Å². The molecule has 0 radical (unpaired) electrons. The minimum Gasteiger partial charge on any atom is -0.355 e. The van der Waals surface area contributed by atoms with Crippen molar-refractivity contribution < 1.29 is 4.79 Å². The minimum atomic E-state index is 0. The van der Waals surface area contributed by atoms with Crippen LogP contribution in [0.1, 0.15) is 37.7 Å². The third-order valence-electron chi connectivity index (χ3n) is 5.54. The molecule has 29 heavy (non-hydrogen) atoms. The van der Waals surface area contributed by atoms with Crippen molar-refractivity contribution in [2.75, 3.05) is 45.8 Å². The number of carbonyl (C=O) groups is 1. The van der Waals surface area contributed by atoms with E-state index < -0.39 is 0 Å². The summed E-state index contributed by atoms with van der Waals surface area (Å²) in [6.45, 7) is 8.63. The van der Waals surface area contributed by atoms with Gasteiger partial charge in [-0.15, -0.1) is 37.2 Å². The summed E-state index contributed by atoms with van der Waals surface area (Å²) in [7, 11) is 0. The summed E-state index contributed by atoms with van der Waals surface area (Å²) in [6.07, 6.45) is 5.59. The van der Waals surface area contributed by atoms with E-state index in [1.165, 1.54) is 18.4 Å². The summed E-state index contributed by atoms with van der Waals surface area (Å²) >= 11 is 0. The number of amides is 1. The zero-order valence-corrected chi connectivity index (χ0v) is 19.6. The van der Waals surface area contributed by atoms with Gasteiger partial charge >= 0.3 is 0 Å². The highest BCUT2D eigenvalue weighted by molar-refractivity contribution is 5.86. The SMILES string of the molecule is Cl.Cl.Cl.O=C(NCCCCN1CCN(Cc2ccccc2)CC1)[C@H]1CCCCN1. The highest BCUT2D eigenvalue weighted by atomic mass is 35.5. The lowest BCUT2D eigenvalue weighted by atomic mass is 10.0. The molecule has 2 aliphatic rings. The number of nitrogens with zero attached hydrogens (tertiary/aromatic N) is 2. The van der Waals surface area contributed by atoms with E-state index in [4.69, 9.17) is 0 Å². The molecular weight excluding hydrogens is 431 g/mol. The molecule has 168 valence electrons. The molecule has 0 bridgehead atoms. The molecular formula is C21H37Cl3N4O. The highest BCUT2D eigenvalue weighted by Gasteiger charge is 2.20. The topological polar surface area (TPSA) is 47.6 Å². The number of unbranched alkanes of at least 4 members (excludes halogenated alkanes) is 1. The Balaban J connectivity index is 0.00000261. The number of benzene rings is 1. The highest BCUT2D eigenvalue weighted by Crippen LogP contribution is 2.09. The van der Waals surface area contributed by atoms with Crippen LogP contribution in [0, 0.1) is 0 Å². The van der Waals surface area contributed by atoms with Crippen LogP contribution < -0.4 is 10.6 Å². The van der Waals surface area contributed by atoms with E-state index in [2.05, 4.69) is 50.8 Å². The number of hydrogen-bond acceptors (Lipinski definition) is 4. The fourth-order valence-corrected chi connectivity index (χ4v) is 3.88. The quantitative estimate of drug-likeness (QED) is 0.577. The fourth-order valence-electron chi connectivity index (χ4n) is 3.88. The van der Waals surface area contributed by atoms with Gasteiger partial charge < -0.3 is 15.5 Å². The number of rotatable bonds is 8. The van der Waals surface area contributed by atoms with Gasteiger partial charge in [-0.1, -0.05) is 36.8 Å². The van der Waals surface area contributed by atoms with E-state index in [1.54, 1.807) is 0 Å². The molecule has 1 aromatic carbocycles. The zero-order valence-electron chi connectivity index (χ0n) is 17.2. The van der Waals surface area contributed by atoms with Crippen LogP contribution in [0.5, 0.6) is 0 Å². The Kier molecular flexibility index (Phi) is 15.9. The number of halogens is 3. The molecule has 3 rings (SSSR count). The lowest BCUT2D eigenvalue weighted by molar-refractivity contribution is -0.123. The average molecular weight is 468 g/mol. The van der Waals surface area contributed by atoms with Gasteiger partial charge in [0.05, 0.1) is 6.04 Å². The summed E-state index contributed by atoms with van der Waals surface area (Å²) in [6, 6.07) is 10.8. The molecule has 8 heteroatoms. The van der Waals surface area contributed by atoms with Crippen LogP contribution in [0.2, 0.25) is 0 Å². The molecule has 1 atom stereocenters. The third kappa shape index (κ3) is 10.3. The van der Waals surface area contributed by atoms with Crippen molar-refractivity contribution in [3.63, 3.8) is 0 Å². The summed E-state index contributed by atoms with van der Waals surface area (Å²) < 4.78 is 0. The van der Waals surface area contributed by atoms with Crippen LogP contribution in [0.25, 0.3) is 0 Å². The molecule has 2 saturated heterocycles. The van der Waals surface area contributed by atoms with Crippen LogP contribution in [-0.4, -0.2) is 67.6 Å². The second kappa shape index (κ2) is 16.2. The Morgan fingerprint density at radius 2 is 1.66 bits per heavy atom. The molecule has 2 N–H and O–H groups in total. The van der Waals surface area contributed by atoms with Crippen molar-refractivity contribution in [1.29, 1.82) is 0 Å². The lowest BCUT2D eigenvalue weighted by Gasteiger charge is -2.34. The van der Waals surface area contributed by atoms with Crippen LogP contribution >= 0.6 is 37.2 Å². The molecule has 2 aliphatic heterocycles. The van der Waals surface area contributed by atoms with Crippen molar-refractivity contribution in [2.45, 2.75) is 44.7 Å². The minimum absolute atomic E-state index is 0. The van der Waals surface area contributed by atoms with Gasteiger partial charge in [-0.3, -0.25) is 9.69 Å². The standard InChI is InChI=1S/C21H34N4O.3ClH/c26-21(20-10-4-5-11-22-20)23-12-6-7-13-24-14-16-25(17-15-24)18-19-8-2-1-3-9-19;;;/h1-3,8-9,20,22H,4-7,10-18H2,(H,23,26);3*1H/t20-;;;/m1.../s1. The maximum Gasteiger partial charge on any atom is 0.237 e. The molecule has 0 saturated carbocycles. The van der Waals surface area contributed by atoms with Gasteiger partial charge in [0, 0.05) is 39.3 Å². The maximum atomic E-state index is 12.1. The number of nitrogens with one attached hydrogen (secondary N) is 2. The molecule has 0 spiro atoms. The van der Waals surface area contributed by atoms with E-state index in [0.29, 0.717) is 0 Å². The van der Waals surface area contributed by atoms with Crippen LogP contribution in [0.3, 0.4) is 0 Å². The monoisotopic (exact) mass is 466 g/mol. The second-order valence-corrected chi connectivity index (χ2v) is 7.60.